The number of benzene rings is 2. The topological polar surface area (TPSA) is 73.9 Å². The number of rotatable bonds is 6. The van der Waals surface area contributed by atoms with Crippen molar-refractivity contribution in [2.24, 2.45) is 0 Å². The lowest BCUT2D eigenvalue weighted by molar-refractivity contribution is -0.147. The molecule has 25 heavy (non-hydrogen) atoms. The first-order valence-electron chi connectivity index (χ1n) is 8.01. The second kappa shape index (κ2) is 7.70. The average molecular weight is 341 g/mol. The molecule has 1 amide bonds. The van der Waals surface area contributed by atoms with Gasteiger partial charge in [-0.15, -0.1) is 0 Å². The fourth-order valence-corrected chi connectivity index (χ4v) is 2.46. The summed E-state index contributed by atoms with van der Waals surface area (Å²) < 4.78 is 15.6. The summed E-state index contributed by atoms with van der Waals surface area (Å²) in [5, 5.41) is 2.72. The Morgan fingerprint density at radius 1 is 1.12 bits per heavy atom. The predicted molar refractivity (Wildman–Crippen MR) is 91.7 cm³/mol. The molecule has 0 aromatic heterocycles. The van der Waals surface area contributed by atoms with Crippen molar-refractivity contribution < 1.29 is 23.8 Å². The first-order valence-corrected chi connectivity index (χ1v) is 8.01. The van der Waals surface area contributed by atoms with Crippen molar-refractivity contribution in [2.75, 3.05) is 18.7 Å². The number of nitrogens with one attached hydrogen (secondary N) is 1. The van der Waals surface area contributed by atoms with Gasteiger partial charge in [-0.25, -0.2) is 0 Å². The number of fused-ring (bicyclic) bond motifs is 1. The number of carbonyl (C=O) groups excluding carboxylic acids is 2. The molecule has 6 heteroatoms. The molecule has 1 N–H and O–H groups in total. The van der Waals surface area contributed by atoms with E-state index >= 15 is 0 Å². The third kappa shape index (κ3) is 4.50. The molecule has 1 aliphatic heterocycles. The van der Waals surface area contributed by atoms with Crippen LogP contribution in [0.25, 0.3) is 0 Å². The van der Waals surface area contributed by atoms with Crippen LogP contribution < -0.4 is 14.8 Å². The van der Waals surface area contributed by atoms with Crippen LogP contribution >= 0.6 is 0 Å². The van der Waals surface area contributed by atoms with Crippen LogP contribution in [0.2, 0.25) is 0 Å². The van der Waals surface area contributed by atoms with E-state index < -0.39 is 5.97 Å². The van der Waals surface area contributed by atoms with Gasteiger partial charge in [0.15, 0.2) is 18.1 Å². The SMILES string of the molecule is Cc1ccccc1NC(=O)COC(=O)CCc1ccc2c(c1)OCO2. The highest BCUT2D eigenvalue weighted by Gasteiger charge is 2.14. The van der Waals surface area contributed by atoms with Crippen molar-refractivity contribution in [1.82, 2.24) is 0 Å². The molecule has 0 atom stereocenters. The van der Waals surface area contributed by atoms with Crippen molar-refractivity contribution in [3.8, 4) is 11.5 Å². The molecule has 1 heterocycles. The molecule has 0 aliphatic carbocycles. The van der Waals surface area contributed by atoms with E-state index in [0.29, 0.717) is 23.6 Å². The van der Waals surface area contributed by atoms with Gasteiger partial charge < -0.3 is 19.5 Å². The molecule has 3 rings (SSSR count). The highest BCUT2D eigenvalue weighted by atomic mass is 16.7. The van der Waals surface area contributed by atoms with E-state index in [4.69, 9.17) is 14.2 Å². The molecular formula is C19H19NO5. The highest BCUT2D eigenvalue weighted by molar-refractivity contribution is 5.93. The maximum Gasteiger partial charge on any atom is 0.306 e. The molecule has 0 saturated heterocycles. The normalized spacial score (nSPS) is 11.9. The molecule has 2 aromatic rings. The van der Waals surface area contributed by atoms with Gasteiger partial charge in [-0.05, 0) is 42.7 Å². The maximum atomic E-state index is 11.9. The first kappa shape index (κ1) is 16.8. The van der Waals surface area contributed by atoms with Gasteiger partial charge in [0.2, 0.25) is 6.79 Å². The summed E-state index contributed by atoms with van der Waals surface area (Å²) in [6.45, 7) is 1.82. The molecule has 130 valence electrons. The van der Waals surface area contributed by atoms with Gasteiger partial charge in [0.05, 0.1) is 0 Å². The summed E-state index contributed by atoms with van der Waals surface area (Å²) in [6, 6.07) is 13.0. The van der Waals surface area contributed by atoms with Crippen LogP contribution in [0.15, 0.2) is 42.5 Å². The summed E-state index contributed by atoms with van der Waals surface area (Å²) in [7, 11) is 0. The van der Waals surface area contributed by atoms with Gasteiger partial charge in [0.1, 0.15) is 0 Å². The summed E-state index contributed by atoms with van der Waals surface area (Å²) >= 11 is 0. The van der Waals surface area contributed by atoms with E-state index in [1.807, 2.05) is 43.3 Å². The smallest absolute Gasteiger partial charge is 0.306 e. The minimum absolute atomic E-state index is 0.192. The molecule has 0 fully saturated rings. The minimum Gasteiger partial charge on any atom is -0.456 e. The summed E-state index contributed by atoms with van der Waals surface area (Å²) in [5.41, 5.74) is 2.61. The average Bonchev–Trinajstić information content (AvgIpc) is 3.08. The van der Waals surface area contributed by atoms with Gasteiger partial charge >= 0.3 is 5.97 Å². The van der Waals surface area contributed by atoms with Crippen LogP contribution in [0.3, 0.4) is 0 Å². The van der Waals surface area contributed by atoms with Gasteiger partial charge in [-0.3, -0.25) is 9.59 Å². The second-order valence-corrected chi connectivity index (χ2v) is 5.71. The second-order valence-electron chi connectivity index (χ2n) is 5.71. The molecule has 0 unspecified atom stereocenters. The zero-order chi connectivity index (χ0) is 17.6. The fourth-order valence-electron chi connectivity index (χ4n) is 2.46. The van der Waals surface area contributed by atoms with Crippen LogP contribution in [-0.4, -0.2) is 25.3 Å². The van der Waals surface area contributed by atoms with Crippen LogP contribution in [0, 0.1) is 6.92 Å². The molecule has 6 nitrogen and oxygen atoms in total. The summed E-state index contributed by atoms with van der Waals surface area (Å²) in [6.07, 6.45) is 0.701. The minimum atomic E-state index is -0.419. The van der Waals surface area contributed by atoms with Crippen molar-refractivity contribution in [3.05, 3.63) is 53.6 Å². The fraction of sp³-hybridized carbons (Fsp3) is 0.263. The number of anilines is 1. The van der Waals surface area contributed by atoms with Crippen molar-refractivity contribution >= 4 is 17.6 Å². The number of hydrogen-bond acceptors (Lipinski definition) is 5. The van der Waals surface area contributed by atoms with Gasteiger partial charge in [-0.1, -0.05) is 24.3 Å². The maximum absolute atomic E-state index is 11.9. The lowest BCUT2D eigenvalue weighted by Crippen LogP contribution is -2.21. The number of amides is 1. The number of carbonyl (C=O) groups is 2. The Balaban J connectivity index is 1.42. The predicted octanol–water partition coefficient (Wildman–Crippen LogP) is 2.84. The van der Waals surface area contributed by atoms with E-state index in [1.165, 1.54) is 0 Å². The molecule has 0 bridgehead atoms. The Kier molecular flexibility index (Phi) is 5.18. The Hall–Kier alpha value is -3.02. The van der Waals surface area contributed by atoms with E-state index in [9.17, 15) is 9.59 Å². The summed E-state index contributed by atoms with van der Waals surface area (Å²) in [4.78, 5) is 23.7. The standard InChI is InChI=1S/C19H19NO5/c1-13-4-2-3-5-15(13)20-18(21)11-23-19(22)9-7-14-6-8-16-17(10-14)25-12-24-16/h2-6,8,10H,7,9,11-12H2,1H3,(H,20,21). The Bertz CT molecular complexity index is 787. The van der Waals surface area contributed by atoms with Crippen LogP contribution in [0.4, 0.5) is 5.69 Å². The quantitative estimate of drug-likeness (QED) is 0.818. The number of ether oxygens (including phenoxy) is 3. The number of aryl methyl sites for hydroxylation is 2. The van der Waals surface area contributed by atoms with Crippen molar-refractivity contribution in [3.63, 3.8) is 0 Å². The van der Waals surface area contributed by atoms with E-state index in [1.54, 1.807) is 6.07 Å². The number of hydrogen-bond donors (Lipinski definition) is 1. The van der Waals surface area contributed by atoms with E-state index in [0.717, 1.165) is 11.1 Å². The molecule has 0 saturated carbocycles. The van der Waals surface area contributed by atoms with E-state index in [2.05, 4.69) is 5.32 Å². The van der Waals surface area contributed by atoms with E-state index in [-0.39, 0.29) is 25.7 Å². The summed E-state index contributed by atoms with van der Waals surface area (Å²) in [5.74, 6) is 0.617. The van der Waals surface area contributed by atoms with Crippen LogP contribution in [-0.2, 0) is 20.7 Å². The monoisotopic (exact) mass is 341 g/mol. The number of esters is 1. The molecule has 2 aromatic carbocycles. The highest BCUT2D eigenvalue weighted by Crippen LogP contribution is 2.32. The van der Waals surface area contributed by atoms with Crippen molar-refractivity contribution in [2.45, 2.75) is 19.8 Å². The molecule has 0 spiro atoms. The zero-order valence-electron chi connectivity index (χ0n) is 13.9. The third-order valence-electron chi connectivity index (χ3n) is 3.84. The molecular weight excluding hydrogens is 322 g/mol. The Labute approximate surface area is 145 Å². The largest absolute Gasteiger partial charge is 0.456 e. The Morgan fingerprint density at radius 2 is 1.92 bits per heavy atom. The first-order chi connectivity index (χ1) is 12.1. The molecule has 1 aliphatic rings. The molecule has 0 radical (unpaired) electrons. The van der Waals surface area contributed by atoms with Gasteiger partial charge in [0.25, 0.3) is 5.91 Å². The number of para-hydroxylation sites is 1. The Morgan fingerprint density at radius 3 is 2.76 bits per heavy atom. The zero-order valence-corrected chi connectivity index (χ0v) is 13.9. The lowest BCUT2D eigenvalue weighted by atomic mass is 10.1. The lowest BCUT2D eigenvalue weighted by Gasteiger charge is -2.09. The van der Waals surface area contributed by atoms with Gasteiger partial charge in [-0.2, -0.15) is 0 Å². The third-order valence-corrected chi connectivity index (χ3v) is 3.84. The van der Waals surface area contributed by atoms with Gasteiger partial charge in [0, 0.05) is 12.1 Å². The van der Waals surface area contributed by atoms with Crippen LogP contribution in [0.1, 0.15) is 17.5 Å². The van der Waals surface area contributed by atoms with Crippen LogP contribution in [0.5, 0.6) is 11.5 Å². The van der Waals surface area contributed by atoms with Crippen molar-refractivity contribution in [1.29, 1.82) is 0 Å².